The second-order valence-electron chi connectivity index (χ2n) is 2.65. The molecule has 4 atom stereocenters. The molecule has 11 heavy (non-hydrogen) atoms. The van der Waals surface area contributed by atoms with Crippen molar-refractivity contribution in [2.24, 2.45) is 0 Å². The average molecular weight is 164 g/mol. The Kier molecular flexibility index (Phi) is 2.80. The molecule has 0 aliphatic carbocycles. The van der Waals surface area contributed by atoms with Crippen molar-refractivity contribution in [3.63, 3.8) is 0 Å². The molecule has 5 nitrogen and oxygen atoms in total. The predicted octanol–water partition coefficient (Wildman–Crippen LogP) is -2.54. The minimum Gasteiger partial charge on any atom is -0.388 e. The number of aliphatic hydroxyl groups excluding tert-OH is 4. The lowest BCUT2D eigenvalue weighted by atomic mass is 10.1. The van der Waals surface area contributed by atoms with Crippen LogP contribution in [-0.2, 0) is 4.74 Å². The van der Waals surface area contributed by atoms with Gasteiger partial charge in [-0.15, -0.1) is 0 Å². The Labute approximate surface area is 63.8 Å². The molecule has 0 aromatic heterocycles. The van der Waals surface area contributed by atoms with Crippen LogP contribution in [0.15, 0.2) is 0 Å². The minimum atomic E-state index is -1.33. The number of aliphatic hydroxyl groups is 4. The number of hydrogen-bond donors (Lipinski definition) is 4. The lowest BCUT2D eigenvalue weighted by Crippen LogP contribution is -2.43. The van der Waals surface area contributed by atoms with Crippen LogP contribution in [0.25, 0.3) is 0 Å². The Balaban J connectivity index is 2.58. The molecule has 1 aliphatic rings. The molecule has 1 aliphatic heterocycles. The van der Waals surface area contributed by atoms with E-state index >= 15 is 0 Å². The van der Waals surface area contributed by atoms with Crippen LogP contribution in [0.5, 0.6) is 0 Å². The summed E-state index contributed by atoms with van der Waals surface area (Å²) in [6.45, 7) is -0.120. The number of hydrogen-bond acceptors (Lipinski definition) is 5. The van der Waals surface area contributed by atoms with Crippen molar-refractivity contribution < 1.29 is 25.2 Å². The van der Waals surface area contributed by atoms with Gasteiger partial charge in [0.05, 0.1) is 13.2 Å². The van der Waals surface area contributed by atoms with E-state index in [-0.39, 0.29) is 13.2 Å². The molecule has 1 saturated heterocycles. The second-order valence-corrected chi connectivity index (χ2v) is 2.65. The summed E-state index contributed by atoms with van der Waals surface area (Å²) in [6, 6.07) is 0. The van der Waals surface area contributed by atoms with Crippen LogP contribution in [0.2, 0.25) is 0 Å². The van der Waals surface area contributed by atoms with E-state index in [4.69, 9.17) is 25.2 Å². The van der Waals surface area contributed by atoms with Crippen molar-refractivity contribution in [1.82, 2.24) is 0 Å². The molecule has 0 saturated carbocycles. The fourth-order valence-corrected chi connectivity index (χ4v) is 0.962. The highest BCUT2D eigenvalue weighted by molar-refractivity contribution is 4.83. The molecule has 0 radical (unpaired) electrons. The van der Waals surface area contributed by atoms with Crippen molar-refractivity contribution in [2.45, 2.75) is 24.4 Å². The smallest absolute Gasteiger partial charge is 0.111 e. The van der Waals surface area contributed by atoms with Crippen LogP contribution < -0.4 is 0 Å². The minimum absolute atomic E-state index is 0.0602. The van der Waals surface area contributed by atoms with Crippen LogP contribution in [0.1, 0.15) is 0 Å². The normalized spacial score (nSPS) is 46.9. The molecule has 0 aromatic carbocycles. The summed E-state index contributed by atoms with van der Waals surface area (Å²) < 4.78 is 4.74. The lowest BCUT2D eigenvalue weighted by molar-refractivity contribution is -0.0894. The first-order valence-corrected chi connectivity index (χ1v) is 3.43. The molecule has 1 rings (SSSR count). The third kappa shape index (κ3) is 1.88. The van der Waals surface area contributed by atoms with Gasteiger partial charge in [0.1, 0.15) is 24.4 Å². The van der Waals surface area contributed by atoms with Crippen LogP contribution >= 0.6 is 0 Å². The van der Waals surface area contributed by atoms with Gasteiger partial charge in [-0.25, -0.2) is 0 Å². The van der Waals surface area contributed by atoms with Crippen molar-refractivity contribution >= 4 is 0 Å². The van der Waals surface area contributed by atoms with E-state index < -0.39 is 24.4 Å². The van der Waals surface area contributed by atoms with Gasteiger partial charge >= 0.3 is 0 Å². The Hall–Kier alpha value is -0.200. The van der Waals surface area contributed by atoms with Gasteiger partial charge in [-0.3, -0.25) is 0 Å². The highest BCUT2D eigenvalue weighted by atomic mass is 16.5. The zero-order chi connectivity index (χ0) is 8.43. The highest BCUT2D eigenvalue weighted by Crippen LogP contribution is 2.10. The molecule has 0 aromatic rings. The summed E-state index contributed by atoms with van der Waals surface area (Å²) in [7, 11) is 0. The summed E-state index contributed by atoms with van der Waals surface area (Å²) in [6.07, 6.45) is -4.90. The average Bonchev–Trinajstić information content (AvgIpc) is 2.07. The molecular weight excluding hydrogens is 152 g/mol. The SMILES string of the molecule is OC1COCC(O)C(O)C1O. The van der Waals surface area contributed by atoms with Gasteiger partial charge in [-0.2, -0.15) is 0 Å². The van der Waals surface area contributed by atoms with E-state index in [9.17, 15) is 0 Å². The molecule has 4 N–H and O–H groups in total. The van der Waals surface area contributed by atoms with E-state index in [0.717, 1.165) is 0 Å². The fraction of sp³-hybridized carbons (Fsp3) is 1.00. The molecule has 1 heterocycles. The molecule has 5 heteroatoms. The Bertz CT molecular complexity index is 114. The monoisotopic (exact) mass is 164 g/mol. The molecule has 0 amide bonds. The quantitative estimate of drug-likeness (QED) is 0.317. The Morgan fingerprint density at radius 1 is 0.818 bits per heavy atom. The highest BCUT2D eigenvalue weighted by Gasteiger charge is 2.33. The Morgan fingerprint density at radius 2 is 1.18 bits per heavy atom. The van der Waals surface area contributed by atoms with Gasteiger partial charge in [-0.05, 0) is 0 Å². The van der Waals surface area contributed by atoms with E-state index in [0.29, 0.717) is 0 Å². The van der Waals surface area contributed by atoms with Crippen LogP contribution in [0.3, 0.4) is 0 Å². The summed E-state index contributed by atoms with van der Waals surface area (Å²) >= 11 is 0. The maximum absolute atomic E-state index is 9.06. The zero-order valence-corrected chi connectivity index (χ0v) is 5.92. The van der Waals surface area contributed by atoms with Crippen molar-refractivity contribution in [1.29, 1.82) is 0 Å². The van der Waals surface area contributed by atoms with Crippen molar-refractivity contribution in [3.05, 3.63) is 0 Å². The fourth-order valence-electron chi connectivity index (χ4n) is 0.962. The van der Waals surface area contributed by atoms with E-state index in [1.807, 2.05) is 0 Å². The van der Waals surface area contributed by atoms with E-state index in [1.54, 1.807) is 0 Å². The first-order chi connectivity index (χ1) is 5.13. The van der Waals surface area contributed by atoms with Gasteiger partial charge < -0.3 is 25.2 Å². The van der Waals surface area contributed by atoms with Crippen LogP contribution in [0.4, 0.5) is 0 Å². The van der Waals surface area contributed by atoms with Crippen LogP contribution in [-0.4, -0.2) is 58.1 Å². The van der Waals surface area contributed by atoms with Crippen molar-refractivity contribution in [3.8, 4) is 0 Å². The summed E-state index contributed by atoms with van der Waals surface area (Å²) in [5, 5.41) is 36.1. The second kappa shape index (κ2) is 3.46. The van der Waals surface area contributed by atoms with Crippen molar-refractivity contribution in [2.75, 3.05) is 13.2 Å². The van der Waals surface area contributed by atoms with E-state index in [2.05, 4.69) is 0 Å². The van der Waals surface area contributed by atoms with Gasteiger partial charge in [0.25, 0.3) is 0 Å². The standard InChI is InChI=1S/C6H12O5/c7-3-1-11-2-4(8)6(10)5(3)9/h3-10H,1-2H2. The van der Waals surface area contributed by atoms with Gasteiger partial charge in [0, 0.05) is 0 Å². The lowest BCUT2D eigenvalue weighted by Gasteiger charge is -2.20. The third-order valence-corrected chi connectivity index (χ3v) is 1.72. The third-order valence-electron chi connectivity index (χ3n) is 1.72. The largest absolute Gasteiger partial charge is 0.388 e. The molecular formula is C6H12O5. The van der Waals surface area contributed by atoms with Crippen LogP contribution in [0, 0.1) is 0 Å². The topological polar surface area (TPSA) is 90.2 Å². The zero-order valence-electron chi connectivity index (χ0n) is 5.92. The summed E-state index contributed by atoms with van der Waals surface area (Å²) in [5.41, 5.74) is 0. The summed E-state index contributed by atoms with van der Waals surface area (Å²) in [4.78, 5) is 0. The molecule has 0 spiro atoms. The predicted molar refractivity (Wildman–Crippen MR) is 34.8 cm³/mol. The maximum Gasteiger partial charge on any atom is 0.111 e. The summed E-state index contributed by atoms with van der Waals surface area (Å²) in [5.74, 6) is 0. The first-order valence-electron chi connectivity index (χ1n) is 3.43. The number of ether oxygens (including phenoxy) is 1. The van der Waals surface area contributed by atoms with E-state index in [1.165, 1.54) is 0 Å². The molecule has 4 unspecified atom stereocenters. The van der Waals surface area contributed by atoms with Gasteiger partial charge in [-0.1, -0.05) is 0 Å². The molecule has 0 bridgehead atoms. The molecule has 1 fully saturated rings. The number of rotatable bonds is 0. The first kappa shape index (κ1) is 8.89. The maximum atomic E-state index is 9.06. The van der Waals surface area contributed by atoms with Gasteiger partial charge in [0.2, 0.25) is 0 Å². The Morgan fingerprint density at radius 3 is 1.55 bits per heavy atom. The van der Waals surface area contributed by atoms with Gasteiger partial charge in [0.15, 0.2) is 0 Å². The molecule has 66 valence electrons.